The van der Waals surface area contributed by atoms with Crippen molar-refractivity contribution < 1.29 is 30.7 Å². The van der Waals surface area contributed by atoms with Crippen LogP contribution in [-0.2, 0) is 6.18 Å². The van der Waals surface area contributed by atoms with Gasteiger partial charge in [-0.25, -0.2) is 17.6 Å². The monoisotopic (exact) mass is 308 g/mol. The first kappa shape index (κ1) is 15.3. The molecule has 0 aliphatic carbocycles. The van der Waals surface area contributed by atoms with Crippen LogP contribution in [0.25, 0.3) is 11.1 Å². The Morgan fingerprint density at radius 2 is 1.57 bits per heavy atom. The van der Waals surface area contributed by atoms with Crippen LogP contribution in [0.3, 0.4) is 0 Å². The quantitative estimate of drug-likeness (QED) is 0.635. The van der Waals surface area contributed by atoms with Crippen molar-refractivity contribution in [2.24, 2.45) is 0 Å². The van der Waals surface area contributed by atoms with Gasteiger partial charge in [-0.15, -0.1) is 0 Å². The van der Waals surface area contributed by atoms with Crippen molar-refractivity contribution in [3.05, 3.63) is 59.2 Å². The maximum absolute atomic E-state index is 13.6. The van der Waals surface area contributed by atoms with E-state index in [9.17, 15) is 30.7 Å². The summed E-state index contributed by atoms with van der Waals surface area (Å²) < 4.78 is 90.0. The lowest BCUT2D eigenvalue weighted by molar-refractivity contribution is -0.139. The van der Waals surface area contributed by atoms with Crippen molar-refractivity contribution in [3.63, 3.8) is 0 Å². The largest absolute Gasteiger partial charge is 0.416 e. The van der Waals surface area contributed by atoms with Crippen LogP contribution in [0.1, 0.15) is 17.6 Å². The smallest absolute Gasteiger partial charge is 0.205 e. The van der Waals surface area contributed by atoms with Gasteiger partial charge in [0.15, 0.2) is 11.6 Å². The number of halogens is 7. The highest BCUT2D eigenvalue weighted by atomic mass is 19.4. The summed E-state index contributed by atoms with van der Waals surface area (Å²) in [6, 6.07) is 4.82. The minimum Gasteiger partial charge on any atom is -0.205 e. The predicted octanol–water partition coefficient (Wildman–Crippen LogP) is 5.59. The van der Waals surface area contributed by atoms with E-state index in [-0.39, 0.29) is 11.1 Å². The normalized spacial score (nSPS) is 12.0. The van der Waals surface area contributed by atoms with Crippen LogP contribution in [0, 0.1) is 11.6 Å². The van der Waals surface area contributed by atoms with Crippen molar-refractivity contribution in [1.82, 2.24) is 0 Å². The van der Waals surface area contributed by atoms with E-state index >= 15 is 0 Å². The lowest BCUT2D eigenvalue weighted by atomic mass is 9.98. The van der Waals surface area contributed by atoms with Crippen LogP contribution in [0.15, 0.2) is 36.4 Å². The SMILES string of the molecule is Fc1cccc(-c2ccc(C(F)(F)F)c(C(F)F)c2)c1F. The molecule has 0 N–H and O–H groups in total. The summed E-state index contributed by atoms with van der Waals surface area (Å²) in [6.07, 6.45) is -8.34. The zero-order valence-corrected chi connectivity index (χ0v) is 10.2. The molecule has 2 aromatic carbocycles. The molecule has 0 spiro atoms. The van der Waals surface area contributed by atoms with E-state index in [1.165, 1.54) is 0 Å². The molecule has 0 amide bonds. The maximum atomic E-state index is 13.6. The molecule has 0 heterocycles. The Morgan fingerprint density at radius 1 is 0.905 bits per heavy atom. The summed E-state index contributed by atoms with van der Waals surface area (Å²) in [7, 11) is 0. The van der Waals surface area contributed by atoms with E-state index in [1.807, 2.05) is 0 Å². The second-order valence-corrected chi connectivity index (χ2v) is 4.20. The summed E-state index contributed by atoms with van der Waals surface area (Å²) in [4.78, 5) is 0. The Morgan fingerprint density at radius 3 is 2.14 bits per heavy atom. The Labute approximate surface area is 114 Å². The van der Waals surface area contributed by atoms with Crippen molar-refractivity contribution >= 4 is 0 Å². The molecule has 0 saturated carbocycles. The second kappa shape index (κ2) is 5.38. The first-order valence-corrected chi connectivity index (χ1v) is 5.65. The lowest BCUT2D eigenvalue weighted by Crippen LogP contribution is -2.09. The molecule has 112 valence electrons. The minimum absolute atomic E-state index is 0.254. The highest BCUT2D eigenvalue weighted by Gasteiger charge is 2.35. The Hall–Kier alpha value is -2.05. The predicted molar refractivity (Wildman–Crippen MR) is 61.8 cm³/mol. The van der Waals surface area contributed by atoms with Crippen molar-refractivity contribution in [2.45, 2.75) is 12.6 Å². The molecule has 2 rings (SSSR count). The summed E-state index contributed by atoms with van der Waals surface area (Å²) in [5, 5.41) is 0. The number of rotatable bonds is 2. The third kappa shape index (κ3) is 3.01. The van der Waals surface area contributed by atoms with Gasteiger partial charge in [0.05, 0.1) is 5.56 Å². The molecular formula is C14H7F7. The molecule has 0 bridgehead atoms. The van der Waals surface area contributed by atoms with Gasteiger partial charge in [-0.05, 0) is 23.8 Å². The molecule has 2 aromatic rings. The highest BCUT2D eigenvalue weighted by Crippen LogP contribution is 2.38. The molecule has 0 atom stereocenters. The van der Waals surface area contributed by atoms with Gasteiger partial charge in [-0.3, -0.25) is 0 Å². The van der Waals surface area contributed by atoms with E-state index in [2.05, 4.69) is 0 Å². The average Bonchev–Trinajstić information content (AvgIpc) is 2.40. The van der Waals surface area contributed by atoms with Gasteiger partial charge >= 0.3 is 6.18 Å². The maximum Gasteiger partial charge on any atom is 0.416 e. The topological polar surface area (TPSA) is 0 Å². The zero-order valence-electron chi connectivity index (χ0n) is 10.2. The summed E-state index contributed by atoms with van der Waals surface area (Å²) >= 11 is 0. The van der Waals surface area contributed by atoms with Crippen LogP contribution >= 0.6 is 0 Å². The minimum atomic E-state index is -4.95. The number of alkyl halides is 5. The second-order valence-electron chi connectivity index (χ2n) is 4.20. The third-order valence-corrected chi connectivity index (χ3v) is 2.85. The van der Waals surface area contributed by atoms with E-state index < -0.39 is 35.4 Å². The molecule has 0 saturated heterocycles. The Kier molecular flexibility index (Phi) is 3.93. The fourth-order valence-electron chi connectivity index (χ4n) is 1.90. The van der Waals surface area contributed by atoms with Gasteiger partial charge in [0, 0.05) is 11.1 Å². The fraction of sp³-hybridized carbons (Fsp3) is 0.143. The molecule has 0 radical (unpaired) electrons. The van der Waals surface area contributed by atoms with Crippen LogP contribution < -0.4 is 0 Å². The van der Waals surface area contributed by atoms with Crippen LogP contribution in [-0.4, -0.2) is 0 Å². The summed E-state index contributed by atoms with van der Waals surface area (Å²) in [5.41, 5.74) is -3.41. The molecular weight excluding hydrogens is 301 g/mol. The molecule has 0 aliphatic heterocycles. The van der Waals surface area contributed by atoms with Crippen LogP contribution in [0.4, 0.5) is 30.7 Å². The molecule has 7 heteroatoms. The van der Waals surface area contributed by atoms with Crippen molar-refractivity contribution in [3.8, 4) is 11.1 Å². The van der Waals surface area contributed by atoms with Crippen molar-refractivity contribution in [2.75, 3.05) is 0 Å². The third-order valence-electron chi connectivity index (χ3n) is 2.85. The Balaban J connectivity index is 2.63. The number of benzene rings is 2. The molecule has 21 heavy (non-hydrogen) atoms. The molecule has 0 aliphatic rings. The number of hydrogen-bond acceptors (Lipinski definition) is 0. The van der Waals surface area contributed by atoms with Gasteiger partial charge in [0.25, 0.3) is 6.43 Å². The Bertz CT molecular complexity index is 659. The van der Waals surface area contributed by atoms with Gasteiger partial charge in [-0.1, -0.05) is 18.2 Å². The standard InChI is InChI=1S/C14H7F7/c15-11-3-1-2-8(12(11)16)7-4-5-10(14(19,20)21)9(6-7)13(17)18/h1-6,13H. The molecule has 0 unspecified atom stereocenters. The van der Waals surface area contributed by atoms with Gasteiger partial charge < -0.3 is 0 Å². The van der Waals surface area contributed by atoms with Gasteiger partial charge in [-0.2, -0.15) is 13.2 Å². The van der Waals surface area contributed by atoms with E-state index in [1.54, 1.807) is 0 Å². The van der Waals surface area contributed by atoms with Gasteiger partial charge in [0.2, 0.25) is 0 Å². The highest BCUT2D eigenvalue weighted by molar-refractivity contribution is 5.66. The first-order valence-electron chi connectivity index (χ1n) is 5.65. The van der Waals surface area contributed by atoms with E-state index in [0.29, 0.717) is 12.1 Å². The lowest BCUT2D eigenvalue weighted by Gasteiger charge is -2.14. The van der Waals surface area contributed by atoms with Crippen molar-refractivity contribution in [1.29, 1.82) is 0 Å². The van der Waals surface area contributed by atoms with Crippen LogP contribution in [0.2, 0.25) is 0 Å². The fourth-order valence-corrected chi connectivity index (χ4v) is 1.90. The molecule has 0 aromatic heterocycles. The van der Waals surface area contributed by atoms with Gasteiger partial charge in [0.1, 0.15) is 0 Å². The van der Waals surface area contributed by atoms with E-state index in [4.69, 9.17) is 0 Å². The first-order chi connectivity index (χ1) is 9.71. The molecule has 0 nitrogen and oxygen atoms in total. The number of hydrogen-bond donors (Lipinski definition) is 0. The summed E-state index contributed by atoms with van der Waals surface area (Å²) in [5.74, 6) is -2.52. The summed E-state index contributed by atoms with van der Waals surface area (Å²) in [6.45, 7) is 0. The molecule has 0 fully saturated rings. The zero-order chi connectivity index (χ0) is 15.8. The average molecular weight is 308 g/mol. The van der Waals surface area contributed by atoms with E-state index in [0.717, 1.165) is 24.3 Å². The van der Waals surface area contributed by atoms with Crippen LogP contribution in [0.5, 0.6) is 0 Å².